The van der Waals surface area contributed by atoms with Crippen LogP contribution < -0.4 is 5.32 Å². The van der Waals surface area contributed by atoms with Crippen molar-refractivity contribution in [2.45, 2.75) is 51.4 Å². The van der Waals surface area contributed by atoms with Gasteiger partial charge in [-0.25, -0.2) is 0 Å². The third-order valence-electron chi connectivity index (χ3n) is 3.57. The number of carbonyl (C=O) groups excluding carboxylic acids is 2. The number of ether oxygens (including phenoxy) is 3. The number of aldehydes is 1. The van der Waals surface area contributed by atoms with E-state index >= 15 is 0 Å². The van der Waals surface area contributed by atoms with Gasteiger partial charge in [0.1, 0.15) is 12.2 Å². The number of nitrogens with one attached hydrogen (secondary N) is 1. The predicted molar refractivity (Wildman–Crippen MR) is 83.6 cm³/mol. The van der Waals surface area contributed by atoms with E-state index in [1.165, 1.54) is 6.92 Å². The Morgan fingerprint density at radius 1 is 1.43 bits per heavy atom. The average molecular weight is 321 g/mol. The Morgan fingerprint density at radius 3 is 2.65 bits per heavy atom. The van der Waals surface area contributed by atoms with Gasteiger partial charge in [0.25, 0.3) is 0 Å². The molecule has 0 radical (unpaired) electrons. The number of benzene rings is 1. The second kappa shape index (κ2) is 7.68. The Morgan fingerprint density at radius 2 is 2.13 bits per heavy atom. The van der Waals surface area contributed by atoms with Crippen LogP contribution in [0.4, 0.5) is 0 Å². The molecule has 1 aromatic rings. The quantitative estimate of drug-likeness (QED) is 0.769. The van der Waals surface area contributed by atoms with E-state index < -0.39 is 24.0 Å². The minimum Gasteiger partial charge on any atom is -0.364 e. The smallest absolute Gasteiger partial charge is 0.217 e. The van der Waals surface area contributed by atoms with Crippen molar-refractivity contribution >= 4 is 12.2 Å². The fourth-order valence-electron chi connectivity index (χ4n) is 2.51. The van der Waals surface area contributed by atoms with Crippen molar-refractivity contribution in [3.8, 4) is 0 Å². The summed E-state index contributed by atoms with van der Waals surface area (Å²) in [6.45, 7) is 5.54. The number of rotatable bonds is 7. The summed E-state index contributed by atoms with van der Waals surface area (Å²) < 4.78 is 17.0. The standard InChI is InChI=1S/C17H23NO5/c1-12(20)18-16(15-11-22-17(2,3)23-15)14(9-19)21-10-13-7-5-4-6-8-13/h4-9,14-16H,10-11H2,1-3H3,(H,18,20)/t14-,15-,16-/m0/s1. The lowest BCUT2D eigenvalue weighted by molar-refractivity contribution is -0.152. The van der Waals surface area contributed by atoms with Crippen molar-refractivity contribution in [1.29, 1.82) is 0 Å². The second-order valence-corrected chi connectivity index (χ2v) is 5.99. The minimum absolute atomic E-state index is 0.251. The van der Waals surface area contributed by atoms with Crippen LogP contribution in [0.15, 0.2) is 30.3 Å². The van der Waals surface area contributed by atoms with E-state index in [9.17, 15) is 9.59 Å². The molecule has 1 fully saturated rings. The third-order valence-corrected chi connectivity index (χ3v) is 3.57. The molecule has 6 heteroatoms. The Kier molecular flexibility index (Phi) is 5.87. The maximum absolute atomic E-state index is 11.5. The van der Waals surface area contributed by atoms with E-state index in [0.717, 1.165) is 5.56 Å². The molecule has 1 aliphatic heterocycles. The van der Waals surface area contributed by atoms with Gasteiger partial charge in [0.2, 0.25) is 5.91 Å². The molecule has 23 heavy (non-hydrogen) atoms. The number of amides is 1. The Hall–Kier alpha value is -1.76. The van der Waals surface area contributed by atoms with Crippen LogP contribution in [0.1, 0.15) is 26.3 Å². The SMILES string of the molecule is CC(=O)N[C@@H]([C@H](C=O)OCc1ccccc1)[C@@H]1COC(C)(C)O1. The van der Waals surface area contributed by atoms with Crippen molar-refractivity contribution in [3.63, 3.8) is 0 Å². The first-order valence-electron chi connectivity index (χ1n) is 7.61. The molecule has 1 N–H and O–H groups in total. The molecule has 6 nitrogen and oxygen atoms in total. The molecule has 0 aliphatic carbocycles. The molecule has 0 aromatic heterocycles. The van der Waals surface area contributed by atoms with Gasteiger partial charge in [-0.3, -0.25) is 4.79 Å². The highest BCUT2D eigenvalue weighted by Gasteiger charge is 2.41. The molecule has 3 atom stereocenters. The molecule has 1 amide bonds. The number of hydrogen-bond donors (Lipinski definition) is 1. The van der Waals surface area contributed by atoms with Gasteiger partial charge in [-0.2, -0.15) is 0 Å². The van der Waals surface area contributed by atoms with E-state index in [4.69, 9.17) is 14.2 Å². The molecule has 0 bridgehead atoms. The van der Waals surface area contributed by atoms with Crippen molar-refractivity contribution in [2.75, 3.05) is 6.61 Å². The van der Waals surface area contributed by atoms with E-state index in [1.54, 1.807) is 13.8 Å². The lowest BCUT2D eigenvalue weighted by Gasteiger charge is -2.28. The summed E-state index contributed by atoms with van der Waals surface area (Å²) in [5.41, 5.74) is 0.949. The van der Waals surface area contributed by atoms with Crippen molar-refractivity contribution in [1.82, 2.24) is 5.32 Å². The first-order valence-corrected chi connectivity index (χ1v) is 7.61. The fraction of sp³-hybridized carbons (Fsp3) is 0.529. The Bertz CT molecular complexity index is 531. The molecule has 1 saturated heterocycles. The highest BCUT2D eigenvalue weighted by Crippen LogP contribution is 2.26. The molecule has 0 unspecified atom stereocenters. The summed E-state index contributed by atoms with van der Waals surface area (Å²) in [6.07, 6.45) is -0.570. The van der Waals surface area contributed by atoms with Gasteiger partial charge >= 0.3 is 0 Å². The third kappa shape index (κ3) is 5.13. The van der Waals surface area contributed by atoms with E-state index in [2.05, 4.69) is 5.32 Å². The van der Waals surface area contributed by atoms with Gasteiger partial charge in [0, 0.05) is 6.92 Å². The minimum atomic E-state index is -0.818. The molecule has 2 rings (SSSR count). The normalized spacial score (nSPS) is 22.3. The van der Waals surface area contributed by atoms with E-state index in [0.29, 0.717) is 6.29 Å². The lowest BCUT2D eigenvalue weighted by atomic mass is 10.1. The van der Waals surface area contributed by atoms with Crippen LogP contribution in [0.3, 0.4) is 0 Å². The van der Waals surface area contributed by atoms with Crippen LogP contribution in [0.5, 0.6) is 0 Å². The van der Waals surface area contributed by atoms with E-state index in [-0.39, 0.29) is 19.1 Å². The molecular formula is C17H23NO5. The molecule has 0 spiro atoms. The van der Waals surface area contributed by atoms with Crippen molar-refractivity contribution < 1.29 is 23.8 Å². The van der Waals surface area contributed by atoms with Crippen LogP contribution in [0, 0.1) is 0 Å². The summed E-state index contributed by atoms with van der Waals surface area (Å²) in [4.78, 5) is 23.0. The number of hydrogen-bond acceptors (Lipinski definition) is 5. The second-order valence-electron chi connectivity index (χ2n) is 5.99. The van der Waals surface area contributed by atoms with Crippen molar-refractivity contribution in [3.05, 3.63) is 35.9 Å². The number of carbonyl (C=O) groups is 2. The van der Waals surface area contributed by atoms with Crippen LogP contribution in [0.2, 0.25) is 0 Å². The van der Waals surface area contributed by atoms with Gasteiger partial charge < -0.3 is 24.3 Å². The molecule has 1 aromatic carbocycles. The first kappa shape index (κ1) is 17.6. The monoisotopic (exact) mass is 321 g/mol. The maximum Gasteiger partial charge on any atom is 0.217 e. The molecule has 1 heterocycles. The molecule has 126 valence electrons. The highest BCUT2D eigenvalue weighted by molar-refractivity contribution is 5.74. The molecule has 0 saturated carbocycles. The summed E-state index contributed by atoms with van der Waals surface area (Å²) >= 11 is 0. The summed E-state index contributed by atoms with van der Waals surface area (Å²) in [7, 11) is 0. The fourth-order valence-corrected chi connectivity index (χ4v) is 2.51. The predicted octanol–water partition coefficient (Wildman–Crippen LogP) is 1.43. The Labute approximate surface area is 136 Å². The van der Waals surface area contributed by atoms with Crippen LogP contribution in [-0.2, 0) is 30.4 Å². The topological polar surface area (TPSA) is 73.9 Å². The van der Waals surface area contributed by atoms with Gasteiger partial charge in [-0.05, 0) is 19.4 Å². The zero-order valence-corrected chi connectivity index (χ0v) is 13.7. The lowest BCUT2D eigenvalue weighted by Crippen LogP contribution is -2.53. The van der Waals surface area contributed by atoms with Crippen LogP contribution >= 0.6 is 0 Å². The maximum atomic E-state index is 11.5. The summed E-state index contributed by atoms with van der Waals surface area (Å²) in [5.74, 6) is -0.993. The highest BCUT2D eigenvalue weighted by atomic mass is 16.7. The van der Waals surface area contributed by atoms with E-state index in [1.807, 2.05) is 30.3 Å². The average Bonchev–Trinajstić information content (AvgIpc) is 2.87. The van der Waals surface area contributed by atoms with Gasteiger partial charge in [0.05, 0.1) is 19.3 Å². The Balaban J connectivity index is 2.05. The summed E-state index contributed by atoms with van der Waals surface area (Å²) in [6, 6.07) is 8.93. The van der Waals surface area contributed by atoms with Gasteiger partial charge in [-0.15, -0.1) is 0 Å². The largest absolute Gasteiger partial charge is 0.364 e. The zero-order valence-electron chi connectivity index (χ0n) is 13.7. The zero-order chi connectivity index (χ0) is 16.9. The molecular weight excluding hydrogens is 298 g/mol. The summed E-state index contributed by atoms with van der Waals surface area (Å²) in [5, 5.41) is 2.75. The van der Waals surface area contributed by atoms with Crippen molar-refractivity contribution in [2.24, 2.45) is 0 Å². The van der Waals surface area contributed by atoms with Crippen LogP contribution in [-0.4, -0.2) is 42.8 Å². The van der Waals surface area contributed by atoms with Gasteiger partial charge in [-0.1, -0.05) is 30.3 Å². The van der Waals surface area contributed by atoms with Gasteiger partial charge in [0.15, 0.2) is 12.1 Å². The molecule has 1 aliphatic rings. The van der Waals surface area contributed by atoms with Crippen LogP contribution in [0.25, 0.3) is 0 Å². The first-order chi connectivity index (χ1) is 10.9.